The maximum atomic E-state index is 11.5. The molecule has 4 heteroatoms. The fourth-order valence-electron chi connectivity index (χ4n) is 1.28. The third kappa shape index (κ3) is 4.44. The van der Waals surface area contributed by atoms with Crippen molar-refractivity contribution in [1.29, 1.82) is 0 Å². The molecule has 1 amide bonds. The summed E-state index contributed by atoms with van der Waals surface area (Å²) in [6, 6.07) is 2.14. The first-order chi connectivity index (χ1) is 7.24. The fraction of sp³-hybridized carbons (Fsp3) is 0.545. The summed E-state index contributed by atoms with van der Waals surface area (Å²) in [7, 11) is 0. The summed E-state index contributed by atoms with van der Waals surface area (Å²) in [4.78, 5) is 11.5. The molecule has 0 radical (unpaired) electrons. The molecule has 1 aromatic rings. The Morgan fingerprint density at radius 2 is 2.40 bits per heavy atom. The van der Waals surface area contributed by atoms with Crippen LogP contribution in [0, 0.1) is 0 Å². The molecule has 0 aromatic carbocycles. The molecular formula is C11H18N2OS. The fourth-order valence-corrected chi connectivity index (χ4v) is 2.03. The number of nitrogens with one attached hydrogen (secondary N) is 2. The molecule has 0 aliphatic carbocycles. The molecular weight excluding hydrogens is 208 g/mol. The van der Waals surface area contributed by atoms with Crippen LogP contribution in [0.25, 0.3) is 0 Å². The maximum absolute atomic E-state index is 11.5. The first-order valence-corrected chi connectivity index (χ1v) is 6.20. The molecule has 3 nitrogen and oxygen atoms in total. The van der Waals surface area contributed by atoms with Gasteiger partial charge in [0.15, 0.2) is 0 Å². The summed E-state index contributed by atoms with van der Waals surface area (Å²) in [5.41, 5.74) is 1.17. The summed E-state index contributed by atoms with van der Waals surface area (Å²) in [6.45, 7) is 5.38. The Morgan fingerprint density at radius 1 is 1.60 bits per heavy atom. The molecule has 0 spiro atoms. The Bertz CT molecular complexity index is 285. The van der Waals surface area contributed by atoms with Crippen LogP contribution in [0.15, 0.2) is 16.8 Å². The van der Waals surface area contributed by atoms with Crippen molar-refractivity contribution in [1.82, 2.24) is 10.6 Å². The van der Waals surface area contributed by atoms with Crippen LogP contribution in [-0.4, -0.2) is 19.0 Å². The van der Waals surface area contributed by atoms with Gasteiger partial charge in [-0.2, -0.15) is 11.3 Å². The van der Waals surface area contributed by atoms with Gasteiger partial charge in [-0.1, -0.05) is 6.92 Å². The number of amides is 1. The van der Waals surface area contributed by atoms with E-state index in [2.05, 4.69) is 22.9 Å². The van der Waals surface area contributed by atoms with Gasteiger partial charge in [-0.15, -0.1) is 0 Å². The second-order valence-corrected chi connectivity index (χ2v) is 4.30. The van der Waals surface area contributed by atoms with Gasteiger partial charge in [-0.3, -0.25) is 4.79 Å². The van der Waals surface area contributed by atoms with E-state index in [1.807, 2.05) is 18.4 Å². The van der Waals surface area contributed by atoms with Crippen LogP contribution in [0.1, 0.15) is 31.9 Å². The normalized spacial score (nSPS) is 12.4. The number of hydrogen-bond donors (Lipinski definition) is 2. The molecule has 1 unspecified atom stereocenters. The van der Waals surface area contributed by atoms with Crippen LogP contribution >= 0.6 is 11.3 Å². The van der Waals surface area contributed by atoms with Crippen molar-refractivity contribution < 1.29 is 4.79 Å². The largest absolute Gasteiger partial charge is 0.348 e. The smallest absolute Gasteiger partial charge is 0.234 e. The van der Waals surface area contributed by atoms with Crippen LogP contribution in [0.5, 0.6) is 0 Å². The SMILES string of the molecule is CCCNCC(=O)NC(C)c1ccsc1. The van der Waals surface area contributed by atoms with E-state index in [0.717, 1.165) is 13.0 Å². The number of rotatable bonds is 6. The van der Waals surface area contributed by atoms with E-state index in [0.29, 0.717) is 6.54 Å². The molecule has 2 N–H and O–H groups in total. The number of hydrogen-bond acceptors (Lipinski definition) is 3. The minimum Gasteiger partial charge on any atom is -0.348 e. The number of thiophene rings is 1. The van der Waals surface area contributed by atoms with Crippen molar-refractivity contribution in [3.05, 3.63) is 22.4 Å². The highest BCUT2D eigenvalue weighted by Crippen LogP contribution is 2.14. The summed E-state index contributed by atoms with van der Waals surface area (Å²) in [6.07, 6.45) is 1.05. The van der Waals surface area contributed by atoms with Crippen molar-refractivity contribution in [2.24, 2.45) is 0 Å². The molecule has 15 heavy (non-hydrogen) atoms. The van der Waals surface area contributed by atoms with Gasteiger partial charge in [0.25, 0.3) is 0 Å². The highest BCUT2D eigenvalue weighted by atomic mass is 32.1. The topological polar surface area (TPSA) is 41.1 Å². The Hall–Kier alpha value is -0.870. The molecule has 1 heterocycles. The zero-order valence-electron chi connectivity index (χ0n) is 9.25. The molecule has 0 saturated heterocycles. The Labute approximate surface area is 94.9 Å². The highest BCUT2D eigenvalue weighted by Gasteiger charge is 2.08. The predicted molar refractivity (Wildman–Crippen MR) is 64.0 cm³/mol. The second-order valence-electron chi connectivity index (χ2n) is 3.52. The monoisotopic (exact) mass is 226 g/mol. The summed E-state index contributed by atoms with van der Waals surface area (Å²) in [5, 5.41) is 10.1. The molecule has 84 valence electrons. The zero-order chi connectivity index (χ0) is 11.1. The van der Waals surface area contributed by atoms with E-state index in [1.165, 1.54) is 5.56 Å². The van der Waals surface area contributed by atoms with E-state index < -0.39 is 0 Å². The van der Waals surface area contributed by atoms with Crippen molar-refractivity contribution in [2.75, 3.05) is 13.1 Å². The van der Waals surface area contributed by atoms with Crippen LogP contribution in [0.4, 0.5) is 0 Å². The first kappa shape index (κ1) is 12.2. The van der Waals surface area contributed by atoms with E-state index in [1.54, 1.807) is 11.3 Å². The van der Waals surface area contributed by atoms with Gasteiger partial charge < -0.3 is 10.6 Å². The quantitative estimate of drug-likeness (QED) is 0.728. The second kappa shape index (κ2) is 6.58. The van der Waals surface area contributed by atoms with Gasteiger partial charge in [-0.05, 0) is 42.3 Å². The summed E-state index contributed by atoms with van der Waals surface area (Å²) < 4.78 is 0. The lowest BCUT2D eigenvalue weighted by molar-refractivity contribution is -0.120. The van der Waals surface area contributed by atoms with E-state index in [-0.39, 0.29) is 11.9 Å². The highest BCUT2D eigenvalue weighted by molar-refractivity contribution is 7.07. The van der Waals surface area contributed by atoms with Crippen molar-refractivity contribution in [3.8, 4) is 0 Å². The molecule has 0 bridgehead atoms. The zero-order valence-corrected chi connectivity index (χ0v) is 10.1. The number of carbonyl (C=O) groups is 1. The third-order valence-electron chi connectivity index (χ3n) is 2.13. The van der Waals surface area contributed by atoms with Gasteiger partial charge in [0.05, 0.1) is 12.6 Å². The van der Waals surface area contributed by atoms with Crippen LogP contribution in [0.2, 0.25) is 0 Å². The van der Waals surface area contributed by atoms with Crippen LogP contribution in [-0.2, 0) is 4.79 Å². The molecule has 1 rings (SSSR count). The van der Waals surface area contributed by atoms with Gasteiger partial charge in [-0.25, -0.2) is 0 Å². The molecule has 0 fully saturated rings. The van der Waals surface area contributed by atoms with Gasteiger partial charge in [0.1, 0.15) is 0 Å². The Kier molecular flexibility index (Phi) is 5.36. The lowest BCUT2D eigenvalue weighted by atomic mass is 10.2. The van der Waals surface area contributed by atoms with Crippen LogP contribution in [0.3, 0.4) is 0 Å². The van der Waals surface area contributed by atoms with E-state index >= 15 is 0 Å². The van der Waals surface area contributed by atoms with E-state index in [4.69, 9.17) is 0 Å². The van der Waals surface area contributed by atoms with Crippen molar-refractivity contribution in [3.63, 3.8) is 0 Å². The third-order valence-corrected chi connectivity index (χ3v) is 2.83. The van der Waals surface area contributed by atoms with Crippen molar-refractivity contribution in [2.45, 2.75) is 26.3 Å². The summed E-state index contributed by atoms with van der Waals surface area (Å²) >= 11 is 1.65. The van der Waals surface area contributed by atoms with Gasteiger partial charge in [0, 0.05) is 0 Å². The van der Waals surface area contributed by atoms with Crippen molar-refractivity contribution >= 4 is 17.2 Å². The maximum Gasteiger partial charge on any atom is 0.234 e. The molecule has 0 saturated carbocycles. The minimum absolute atomic E-state index is 0.0575. The lowest BCUT2D eigenvalue weighted by Crippen LogP contribution is -2.35. The lowest BCUT2D eigenvalue weighted by Gasteiger charge is -2.12. The van der Waals surface area contributed by atoms with E-state index in [9.17, 15) is 4.79 Å². The Balaban J connectivity index is 2.26. The Morgan fingerprint density at radius 3 is 3.00 bits per heavy atom. The van der Waals surface area contributed by atoms with Crippen LogP contribution < -0.4 is 10.6 Å². The molecule has 0 aliphatic rings. The average molecular weight is 226 g/mol. The molecule has 1 aromatic heterocycles. The first-order valence-electron chi connectivity index (χ1n) is 5.26. The predicted octanol–water partition coefficient (Wildman–Crippen LogP) is 1.92. The summed E-state index contributed by atoms with van der Waals surface area (Å²) in [5.74, 6) is 0.0575. The minimum atomic E-state index is 0.0575. The number of carbonyl (C=O) groups excluding carboxylic acids is 1. The molecule has 0 aliphatic heterocycles. The average Bonchev–Trinajstić information content (AvgIpc) is 2.70. The van der Waals surface area contributed by atoms with Gasteiger partial charge >= 0.3 is 0 Å². The standard InChI is InChI=1S/C11H18N2OS/c1-3-5-12-7-11(14)13-9(2)10-4-6-15-8-10/h4,6,8-9,12H,3,5,7H2,1-2H3,(H,13,14). The van der Waals surface area contributed by atoms with Gasteiger partial charge in [0.2, 0.25) is 5.91 Å². The molecule has 1 atom stereocenters.